The molecule has 0 aromatic carbocycles. The van der Waals surface area contributed by atoms with Crippen molar-refractivity contribution in [2.24, 2.45) is 11.1 Å². The number of carbonyl (C=O) groups is 1. The second kappa shape index (κ2) is 3.98. The molecular weight excluding hydrogens is 196 g/mol. The van der Waals surface area contributed by atoms with Crippen LogP contribution in [0.25, 0.3) is 0 Å². The summed E-state index contributed by atoms with van der Waals surface area (Å²) >= 11 is 0. The van der Waals surface area contributed by atoms with Crippen molar-refractivity contribution in [2.45, 2.75) is 26.3 Å². The van der Waals surface area contributed by atoms with Crippen LogP contribution in [0.5, 0.6) is 0 Å². The molecule has 0 aromatic heterocycles. The van der Waals surface area contributed by atoms with E-state index in [9.17, 15) is 9.90 Å². The predicted octanol–water partition coefficient (Wildman–Crippen LogP) is 0.740. The number of ether oxygens (including phenoxy) is 1. The van der Waals surface area contributed by atoms with E-state index in [2.05, 4.69) is 0 Å². The zero-order valence-corrected chi connectivity index (χ0v) is 9.62. The van der Waals surface area contributed by atoms with E-state index in [4.69, 9.17) is 10.5 Å². The number of nitrogens with zero attached hydrogens (tertiary/aromatic N) is 1. The second-order valence-corrected chi connectivity index (χ2v) is 4.97. The maximum Gasteiger partial charge on any atom is 0.407 e. The van der Waals surface area contributed by atoms with Crippen LogP contribution < -0.4 is 5.73 Å². The summed E-state index contributed by atoms with van der Waals surface area (Å²) in [5.74, 6) is 0. The Morgan fingerprint density at radius 1 is 1.60 bits per heavy atom. The van der Waals surface area contributed by atoms with Crippen molar-refractivity contribution >= 4 is 6.09 Å². The molecule has 0 spiro atoms. The third-order valence-corrected chi connectivity index (χ3v) is 3.28. The quantitative estimate of drug-likeness (QED) is 0.678. The fourth-order valence-electron chi connectivity index (χ4n) is 2.06. The van der Waals surface area contributed by atoms with Crippen LogP contribution in [-0.4, -0.2) is 47.9 Å². The van der Waals surface area contributed by atoms with Gasteiger partial charge in [-0.3, -0.25) is 4.90 Å². The van der Waals surface area contributed by atoms with Gasteiger partial charge in [0.1, 0.15) is 0 Å². The van der Waals surface area contributed by atoms with Gasteiger partial charge in [0.2, 0.25) is 0 Å². The molecule has 1 aliphatic heterocycles. The minimum absolute atomic E-state index is 0.236. The average molecular weight is 216 g/mol. The summed E-state index contributed by atoms with van der Waals surface area (Å²) in [6.45, 7) is 7.47. The summed E-state index contributed by atoms with van der Waals surface area (Å²) in [6, 6.07) is 0. The van der Waals surface area contributed by atoms with E-state index in [1.54, 1.807) is 0 Å². The first-order valence-corrected chi connectivity index (χ1v) is 5.13. The minimum Gasteiger partial charge on any atom is -0.465 e. The lowest BCUT2D eigenvalue weighted by atomic mass is 9.72. The Balaban J connectivity index is 3.07. The number of carboxylic acid groups (broad SMARTS) is 1. The molecule has 5 nitrogen and oxygen atoms in total. The lowest BCUT2D eigenvalue weighted by Crippen LogP contribution is -2.68. The molecule has 3 N–H and O–H groups in total. The van der Waals surface area contributed by atoms with Crippen molar-refractivity contribution in [1.29, 1.82) is 0 Å². The monoisotopic (exact) mass is 216 g/mol. The van der Waals surface area contributed by atoms with Gasteiger partial charge in [-0.1, -0.05) is 20.8 Å². The van der Waals surface area contributed by atoms with Crippen molar-refractivity contribution in [3.05, 3.63) is 0 Å². The van der Waals surface area contributed by atoms with Crippen LogP contribution >= 0.6 is 0 Å². The SMILES string of the molecule is CC(C)(C)C1(CN)COCCN1C(=O)O. The topological polar surface area (TPSA) is 75.8 Å². The van der Waals surface area contributed by atoms with Gasteiger partial charge in [0.05, 0.1) is 18.8 Å². The normalized spacial score (nSPS) is 27.9. The molecular formula is C10H20N2O3. The van der Waals surface area contributed by atoms with Gasteiger partial charge in [-0.25, -0.2) is 4.79 Å². The van der Waals surface area contributed by atoms with Crippen molar-refractivity contribution in [1.82, 2.24) is 4.90 Å². The number of nitrogens with two attached hydrogens (primary N) is 1. The van der Waals surface area contributed by atoms with Gasteiger partial charge in [-0.15, -0.1) is 0 Å². The van der Waals surface area contributed by atoms with Crippen LogP contribution in [0.15, 0.2) is 0 Å². The number of amides is 1. The van der Waals surface area contributed by atoms with Crippen LogP contribution in [0.1, 0.15) is 20.8 Å². The molecule has 1 heterocycles. The molecule has 0 aliphatic carbocycles. The zero-order valence-electron chi connectivity index (χ0n) is 9.62. The van der Waals surface area contributed by atoms with Crippen LogP contribution in [0.2, 0.25) is 0 Å². The third kappa shape index (κ3) is 1.94. The maximum atomic E-state index is 11.2. The highest BCUT2D eigenvalue weighted by Gasteiger charge is 2.50. The smallest absolute Gasteiger partial charge is 0.407 e. The fourth-order valence-corrected chi connectivity index (χ4v) is 2.06. The molecule has 1 atom stereocenters. The summed E-state index contributed by atoms with van der Waals surface area (Å²) < 4.78 is 5.40. The molecule has 0 radical (unpaired) electrons. The largest absolute Gasteiger partial charge is 0.465 e. The summed E-state index contributed by atoms with van der Waals surface area (Å²) in [6.07, 6.45) is -0.918. The molecule has 1 saturated heterocycles. The Bertz CT molecular complexity index is 250. The van der Waals surface area contributed by atoms with E-state index < -0.39 is 11.6 Å². The van der Waals surface area contributed by atoms with E-state index in [1.807, 2.05) is 20.8 Å². The van der Waals surface area contributed by atoms with E-state index in [0.717, 1.165) is 0 Å². The zero-order chi connectivity index (χ0) is 11.7. The Hall–Kier alpha value is -0.810. The summed E-state index contributed by atoms with van der Waals surface area (Å²) in [7, 11) is 0. The molecule has 15 heavy (non-hydrogen) atoms. The molecule has 0 bridgehead atoms. The van der Waals surface area contributed by atoms with Gasteiger partial charge < -0.3 is 15.6 Å². The predicted molar refractivity (Wildman–Crippen MR) is 56.8 cm³/mol. The summed E-state index contributed by atoms with van der Waals surface area (Å²) in [5, 5.41) is 9.18. The first-order chi connectivity index (χ1) is 6.85. The lowest BCUT2D eigenvalue weighted by molar-refractivity contribution is -0.0996. The van der Waals surface area contributed by atoms with Gasteiger partial charge in [0.15, 0.2) is 0 Å². The Labute approximate surface area is 90.2 Å². The number of hydrogen-bond donors (Lipinski definition) is 2. The van der Waals surface area contributed by atoms with Crippen LogP contribution in [-0.2, 0) is 4.74 Å². The van der Waals surface area contributed by atoms with E-state index in [-0.39, 0.29) is 12.0 Å². The second-order valence-electron chi connectivity index (χ2n) is 4.97. The molecule has 0 aromatic rings. The molecule has 5 heteroatoms. The average Bonchev–Trinajstić information content (AvgIpc) is 2.15. The summed E-state index contributed by atoms with van der Waals surface area (Å²) in [5.41, 5.74) is 4.92. The van der Waals surface area contributed by atoms with Gasteiger partial charge in [-0.05, 0) is 5.41 Å². The van der Waals surface area contributed by atoms with Gasteiger partial charge >= 0.3 is 6.09 Å². The first-order valence-electron chi connectivity index (χ1n) is 5.13. The van der Waals surface area contributed by atoms with Gasteiger partial charge in [0, 0.05) is 13.1 Å². The molecule has 1 aliphatic rings. The van der Waals surface area contributed by atoms with Crippen LogP contribution in [0.4, 0.5) is 4.79 Å². The molecule has 1 amide bonds. The Kier molecular flexibility index (Phi) is 3.25. The maximum absolute atomic E-state index is 11.2. The minimum atomic E-state index is -0.918. The van der Waals surface area contributed by atoms with E-state index in [0.29, 0.717) is 19.8 Å². The van der Waals surface area contributed by atoms with Crippen molar-refractivity contribution < 1.29 is 14.6 Å². The lowest BCUT2D eigenvalue weighted by Gasteiger charge is -2.52. The Morgan fingerprint density at radius 2 is 2.20 bits per heavy atom. The highest BCUT2D eigenvalue weighted by Crippen LogP contribution is 2.37. The van der Waals surface area contributed by atoms with Crippen molar-refractivity contribution in [3.63, 3.8) is 0 Å². The number of hydrogen-bond acceptors (Lipinski definition) is 3. The van der Waals surface area contributed by atoms with Crippen molar-refractivity contribution in [3.8, 4) is 0 Å². The standard InChI is InChI=1S/C10H20N2O3/c1-9(2,3)10(6-11)7-15-5-4-12(10)8(13)14/h4-7,11H2,1-3H3,(H,13,14). The molecule has 1 rings (SSSR count). The highest BCUT2D eigenvalue weighted by atomic mass is 16.5. The van der Waals surface area contributed by atoms with E-state index >= 15 is 0 Å². The van der Waals surface area contributed by atoms with E-state index in [1.165, 1.54) is 4.90 Å². The van der Waals surface area contributed by atoms with Crippen molar-refractivity contribution in [2.75, 3.05) is 26.3 Å². The first kappa shape index (κ1) is 12.3. The highest BCUT2D eigenvalue weighted by molar-refractivity contribution is 5.66. The molecule has 1 fully saturated rings. The summed E-state index contributed by atoms with van der Waals surface area (Å²) in [4.78, 5) is 12.6. The number of rotatable bonds is 1. The Morgan fingerprint density at radius 3 is 2.53 bits per heavy atom. The number of morpholine rings is 1. The fraction of sp³-hybridized carbons (Fsp3) is 0.900. The van der Waals surface area contributed by atoms with Gasteiger partial charge in [0.25, 0.3) is 0 Å². The van der Waals surface area contributed by atoms with Crippen LogP contribution in [0.3, 0.4) is 0 Å². The molecule has 0 saturated carbocycles. The third-order valence-electron chi connectivity index (χ3n) is 3.28. The molecule has 88 valence electrons. The van der Waals surface area contributed by atoms with Gasteiger partial charge in [-0.2, -0.15) is 0 Å². The molecule has 1 unspecified atom stereocenters. The van der Waals surface area contributed by atoms with Crippen LogP contribution in [0, 0.1) is 5.41 Å².